The van der Waals surface area contributed by atoms with Crippen LogP contribution in [0, 0.1) is 5.92 Å². The third kappa shape index (κ3) is 7.44. The molecule has 0 aliphatic carbocycles. The van der Waals surface area contributed by atoms with Crippen molar-refractivity contribution >= 4 is 23.8 Å². The Balaban J connectivity index is 2.88. The second kappa shape index (κ2) is 10.3. The van der Waals surface area contributed by atoms with E-state index in [1.807, 2.05) is 0 Å². The summed E-state index contributed by atoms with van der Waals surface area (Å²) in [4.78, 5) is 53.3. The molecule has 7 N–H and O–H groups in total. The normalized spacial score (nSPS) is 14.2. The maximum Gasteiger partial charge on any atom is 0.326 e. The Morgan fingerprint density at radius 1 is 1.15 bits per heavy atom. The zero-order chi connectivity index (χ0) is 20.6. The first-order chi connectivity index (χ1) is 12.6. The largest absolute Gasteiger partial charge is 0.481 e. The minimum absolute atomic E-state index is 0.0354. The molecule has 1 aromatic heterocycles. The second-order valence-electron chi connectivity index (χ2n) is 6.44. The molecule has 11 nitrogen and oxygen atoms in total. The van der Waals surface area contributed by atoms with Gasteiger partial charge in [-0.25, -0.2) is 9.78 Å². The lowest BCUT2D eigenvalue weighted by Crippen LogP contribution is -2.56. The van der Waals surface area contributed by atoms with Crippen molar-refractivity contribution in [3.8, 4) is 0 Å². The molecule has 0 saturated heterocycles. The molecule has 150 valence electrons. The molecule has 3 unspecified atom stereocenters. The molecule has 0 spiro atoms. The van der Waals surface area contributed by atoms with Crippen LogP contribution in [0.25, 0.3) is 0 Å². The zero-order valence-electron chi connectivity index (χ0n) is 15.1. The fourth-order valence-corrected chi connectivity index (χ4v) is 2.19. The number of hydrogen-bond acceptors (Lipinski definition) is 6. The van der Waals surface area contributed by atoms with Crippen molar-refractivity contribution < 1.29 is 29.4 Å². The van der Waals surface area contributed by atoms with E-state index >= 15 is 0 Å². The Bertz CT molecular complexity index is 660. The van der Waals surface area contributed by atoms with Crippen LogP contribution in [0.5, 0.6) is 0 Å². The number of imidazole rings is 1. The van der Waals surface area contributed by atoms with E-state index in [0.717, 1.165) is 0 Å². The fraction of sp³-hybridized carbons (Fsp3) is 0.562. The van der Waals surface area contributed by atoms with Crippen molar-refractivity contribution in [2.45, 2.75) is 51.2 Å². The molecular formula is C16H25N5O6. The number of nitrogens with one attached hydrogen (secondary N) is 3. The minimum atomic E-state index is -1.39. The minimum Gasteiger partial charge on any atom is -0.481 e. The molecule has 2 amide bonds. The van der Waals surface area contributed by atoms with Gasteiger partial charge in [-0.3, -0.25) is 14.4 Å². The van der Waals surface area contributed by atoms with Crippen molar-refractivity contribution in [3.05, 3.63) is 18.2 Å². The average molecular weight is 383 g/mol. The number of H-pyrrole nitrogens is 1. The molecule has 0 radical (unpaired) electrons. The first-order valence-corrected chi connectivity index (χ1v) is 8.40. The third-order valence-corrected chi connectivity index (χ3v) is 3.89. The predicted molar refractivity (Wildman–Crippen MR) is 93.5 cm³/mol. The third-order valence-electron chi connectivity index (χ3n) is 3.89. The number of carbonyl (C=O) groups excluding carboxylic acids is 2. The smallest absolute Gasteiger partial charge is 0.326 e. The zero-order valence-corrected chi connectivity index (χ0v) is 15.1. The lowest BCUT2D eigenvalue weighted by atomic mass is 10.0. The molecule has 0 fully saturated rings. The van der Waals surface area contributed by atoms with Crippen molar-refractivity contribution in [2.75, 3.05) is 0 Å². The van der Waals surface area contributed by atoms with Crippen molar-refractivity contribution in [3.63, 3.8) is 0 Å². The monoisotopic (exact) mass is 383 g/mol. The van der Waals surface area contributed by atoms with Gasteiger partial charge in [0, 0.05) is 24.7 Å². The van der Waals surface area contributed by atoms with Crippen LogP contribution in [-0.4, -0.2) is 62.1 Å². The topological polar surface area (TPSA) is 187 Å². The number of amides is 2. The molecule has 1 heterocycles. The Hall–Kier alpha value is -2.95. The number of carbonyl (C=O) groups is 4. The van der Waals surface area contributed by atoms with Crippen LogP contribution >= 0.6 is 0 Å². The summed E-state index contributed by atoms with van der Waals surface area (Å²) in [5.41, 5.74) is 6.34. The number of nitrogens with two attached hydrogens (primary N) is 1. The van der Waals surface area contributed by atoms with Gasteiger partial charge >= 0.3 is 11.9 Å². The highest BCUT2D eigenvalue weighted by Crippen LogP contribution is 2.05. The van der Waals surface area contributed by atoms with E-state index in [2.05, 4.69) is 20.6 Å². The van der Waals surface area contributed by atoms with Crippen LogP contribution < -0.4 is 16.4 Å². The molecule has 0 aliphatic heterocycles. The van der Waals surface area contributed by atoms with Gasteiger partial charge in [0.25, 0.3) is 0 Å². The van der Waals surface area contributed by atoms with Crippen LogP contribution in [0.4, 0.5) is 0 Å². The SMILES string of the molecule is CC(C)C(N)C(=O)NC(Cc1cnc[nH]1)C(=O)NC(CCC(=O)O)C(=O)O. The van der Waals surface area contributed by atoms with E-state index in [0.29, 0.717) is 5.69 Å². The van der Waals surface area contributed by atoms with E-state index in [1.54, 1.807) is 13.8 Å². The van der Waals surface area contributed by atoms with Gasteiger partial charge in [-0.05, 0) is 12.3 Å². The molecule has 27 heavy (non-hydrogen) atoms. The fourth-order valence-electron chi connectivity index (χ4n) is 2.19. The highest BCUT2D eigenvalue weighted by Gasteiger charge is 2.29. The highest BCUT2D eigenvalue weighted by molar-refractivity contribution is 5.92. The summed E-state index contributed by atoms with van der Waals surface area (Å²) in [7, 11) is 0. The van der Waals surface area contributed by atoms with Gasteiger partial charge in [-0.1, -0.05) is 13.8 Å². The van der Waals surface area contributed by atoms with Crippen LogP contribution in [-0.2, 0) is 25.6 Å². The lowest BCUT2D eigenvalue weighted by Gasteiger charge is -2.23. The Labute approximate surface area is 155 Å². The standard InChI is InChI=1S/C16H25N5O6/c1-8(2)13(17)15(25)21-11(5-9-6-18-7-19-9)14(24)20-10(16(26)27)3-4-12(22)23/h6-8,10-11,13H,3-5,17H2,1-2H3,(H,18,19)(H,20,24)(H,21,25)(H,22,23)(H,26,27). The van der Waals surface area contributed by atoms with E-state index in [9.17, 15) is 24.3 Å². The molecular weight excluding hydrogens is 358 g/mol. The van der Waals surface area contributed by atoms with Crippen molar-refractivity contribution in [1.82, 2.24) is 20.6 Å². The van der Waals surface area contributed by atoms with E-state index < -0.39 is 48.3 Å². The van der Waals surface area contributed by atoms with Crippen molar-refractivity contribution in [1.29, 1.82) is 0 Å². The van der Waals surface area contributed by atoms with Gasteiger partial charge in [0.2, 0.25) is 11.8 Å². The summed E-state index contributed by atoms with van der Waals surface area (Å²) in [6.45, 7) is 3.50. The molecule has 1 aromatic rings. The van der Waals surface area contributed by atoms with Gasteiger partial charge in [0.05, 0.1) is 12.4 Å². The van der Waals surface area contributed by atoms with Gasteiger partial charge in [0.1, 0.15) is 12.1 Å². The van der Waals surface area contributed by atoms with E-state index in [-0.39, 0.29) is 18.8 Å². The maximum atomic E-state index is 12.5. The van der Waals surface area contributed by atoms with Crippen LogP contribution in [0.2, 0.25) is 0 Å². The number of aliphatic carboxylic acids is 2. The first-order valence-electron chi connectivity index (χ1n) is 8.40. The van der Waals surface area contributed by atoms with Crippen molar-refractivity contribution in [2.24, 2.45) is 11.7 Å². The molecule has 0 aliphatic rings. The summed E-state index contributed by atoms with van der Waals surface area (Å²) in [6, 6.07) is -3.34. The second-order valence-corrected chi connectivity index (χ2v) is 6.44. The maximum absolute atomic E-state index is 12.5. The predicted octanol–water partition coefficient (Wildman–Crippen LogP) is -1.15. The van der Waals surface area contributed by atoms with E-state index in [4.69, 9.17) is 10.8 Å². The van der Waals surface area contributed by atoms with Gasteiger partial charge in [0.15, 0.2) is 0 Å². The quantitative estimate of drug-likeness (QED) is 0.276. The summed E-state index contributed by atoms with van der Waals surface area (Å²) < 4.78 is 0. The molecule has 0 aromatic carbocycles. The number of rotatable bonds is 11. The van der Waals surface area contributed by atoms with Gasteiger partial charge in [-0.15, -0.1) is 0 Å². The number of carboxylic acid groups (broad SMARTS) is 2. The summed E-state index contributed by atoms with van der Waals surface area (Å²) in [5.74, 6) is -4.02. The Morgan fingerprint density at radius 3 is 2.26 bits per heavy atom. The van der Waals surface area contributed by atoms with Crippen LogP contribution in [0.3, 0.4) is 0 Å². The number of carboxylic acids is 2. The molecule has 3 atom stereocenters. The summed E-state index contributed by atoms with van der Waals surface area (Å²) in [5, 5.41) is 22.7. The highest BCUT2D eigenvalue weighted by atomic mass is 16.4. The van der Waals surface area contributed by atoms with Crippen LogP contribution in [0.1, 0.15) is 32.4 Å². The molecule has 0 saturated carbocycles. The molecule has 0 bridgehead atoms. The summed E-state index contributed by atoms with van der Waals surface area (Å²) in [6.07, 6.45) is 2.19. The van der Waals surface area contributed by atoms with Gasteiger partial charge in [-0.2, -0.15) is 0 Å². The number of aromatic nitrogens is 2. The summed E-state index contributed by atoms with van der Waals surface area (Å²) >= 11 is 0. The van der Waals surface area contributed by atoms with Gasteiger partial charge < -0.3 is 31.6 Å². The van der Waals surface area contributed by atoms with E-state index in [1.165, 1.54) is 12.5 Å². The average Bonchev–Trinajstić information content (AvgIpc) is 3.09. The number of nitrogens with zero attached hydrogens (tertiary/aromatic N) is 1. The molecule has 11 heteroatoms. The Kier molecular flexibility index (Phi) is 8.39. The lowest BCUT2D eigenvalue weighted by molar-refractivity contribution is -0.143. The molecule has 1 rings (SSSR count). The number of aromatic amines is 1. The van der Waals surface area contributed by atoms with Crippen LogP contribution in [0.15, 0.2) is 12.5 Å². The first kappa shape index (κ1) is 22.1. The Morgan fingerprint density at radius 2 is 1.78 bits per heavy atom. The number of hydrogen-bond donors (Lipinski definition) is 6.